The Balaban J connectivity index is 2.47. The van der Waals surface area contributed by atoms with Crippen LogP contribution in [0.25, 0.3) is 0 Å². The second kappa shape index (κ2) is 3.75. The van der Waals surface area contributed by atoms with E-state index in [1.807, 2.05) is 32.0 Å². The Labute approximate surface area is 96.7 Å². The van der Waals surface area contributed by atoms with Crippen molar-refractivity contribution in [2.24, 2.45) is 0 Å². The van der Waals surface area contributed by atoms with Gasteiger partial charge in [0.1, 0.15) is 0 Å². The largest absolute Gasteiger partial charge is 0.303 e. The monoisotopic (exact) mass is 240 g/mol. The summed E-state index contributed by atoms with van der Waals surface area (Å²) >= 11 is 0. The summed E-state index contributed by atoms with van der Waals surface area (Å²) in [6.45, 7) is 5.02. The molecule has 1 aliphatic rings. The van der Waals surface area contributed by atoms with Gasteiger partial charge in [0.05, 0.1) is 5.69 Å². The predicted molar refractivity (Wildman–Crippen MR) is 64.8 cm³/mol. The highest BCUT2D eigenvalue weighted by molar-refractivity contribution is 7.90. The van der Waals surface area contributed by atoms with E-state index in [1.165, 1.54) is 8.61 Å². The van der Waals surface area contributed by atoms with Crippen molar-refractivity contribution < 1.29 is 8.42 Å². The first-order valence-corrected chi connectivity index (χ1v) is 6.64. The van der Waals surface area contributed by atoms with Gasteiger partial charge in [-0.05, 0) is 25.5 Å². The summed E-state index contributed by atoms with van der Waals surface area (Å²) in [7, 11) is -1.68. The lowest BCUT2D eigenvalue weighted by Crippen LogP contribution is -2.31. The van der Waals surface area contributed by atoms with E-state index in [4.69, 9.17) is 0 Å². The van der Waals surface area contributed by atoms with Crippen LogP contribution in [0, 0.1) is 13.8 Å². The maximum absolute atomic E-state index is 12.0. The SMILES string of the molecule is Cc1ccc(N2CCN(C)S2(=O)=O)c(C)c1. The van der Waals surface area contributed by atoms with Crippen LogP contribution in [0.3, 0.4) is 0 Å². The van der Waals surface area contributed by atoms with Crippen molar-refractivity contribution in [3.8, 4) is 0 Å². The lowest BCUT2D eigenvalue weighted by molar-refractivity contribution is 0.511. The average Bonchev–Trinajstić information content (AvgIpc) is 2.44. The number of rotatable bonds is 1. The second-order valence-electron chi connectivity index (χ2n) is 4.19. The summed E-state index contributed by atoms with van der Waals surface area (Å²) in [5, 5.41) is 0. The average molecular weight is 240 g/mol. The number of anilines is 1. The van der Waals surface area contributed by atoms with E-state index < -0.39 is 10.2 Å². The van der Waals surface area contributed by atoms with E-state index >= 15 is 0 Å². The molecule has 2 rings (SSSR count). The summed E-state index contributed by atoms with van der Waals surface area (Å²) in [5.74, 6) is 0. The van der Waals surface area contributed by atoms with E-state index in [0.717, 1.165) is 16.8 Å². The third-order valence-electron chi connectivity index (χ3n) is 2.91. The van der Waals surface area contributed by atoms with E-state index in [1.54, 1.807) is 7.05 Å². The van der Waals surface area contributed by atoms with Crippen LogP contribution in [0.2, 0.25) is 0 Å². The van der Waals surface area contributed by atoms with Gasteiger partial charge in [-0.2, -0.15) is 12.7 Å². The van der Waals surface area contributed by atoms with Crippen molar-refractivity contribution in [1.82, 2.24) is 4.31 Å². The standard InChI is InChI=1S/C11H16N2O2S/c1-9-4-5-11(10(2)8-9)13-7-6-12(3)16(13,14)15/h4-5,8H,6-7H2,1-3H3. The van der Waals surface area contributed by atoms with Crippen LogP contribution >= 0.6 is 0 Å². The number of hydrogen-bond acceptors (Lipinski definition) is 2. The zero-order chi connectivity index (χ0) is 11.9. The molecule has 1 saturated heterocycles. The van der Waals surface area contributed by atoms with Gasteiger partial charge in [0.2, 0.25) is 0 Å². The topological polar surface area (TPSA) is 40.6 Å². The quantitative estimate of drug-likeness (QED) is 0.742. The minimum absolute atomic E-state index is 0.530. The highest BCUT2D eigenvalue weighted by Gasteiger charge is 2.34. The molecule has 16 heavy (non-hydrogen) atoms. The molecule has 0 atom stereocenters. The molecule has 88 valence electrons. The third kappa shape index (κ3) is 1.70. The Morgan fingerprint density at radius 1 is 1.19 bits per heavy atom. The molecule has 0 aliphatic carbocycles. The van der Waals surface area contributed by atoms with E-state index in [2.05, 4.69) is 0 Å². The number of nitrogens with zero attached hydrogens (tertiary/aromatic N) is 2. The molecule has 0 unspecified atom stereocenters. The van der Waals surface area contributed by atoms with Gasteiger partial charge in [-0.3, -0.25) is 4.31 Å². The molecule has 1 fully saturated rings. The van der Waals surface area contributed by atoms with Gasteiger partial charge in [0, 0.05) is 20.1 Å². The molecule has 0 spiro atoms. The Bertz CT molecular complexity index is 511. The first-order chi connectivity index (χ1) is 7.43. The first-order valence-electron chi connectivity index (χ1n) is 5.24. The maximum atomic E-state index is 12.0. The van der Waals surface area contributed by atoms with Crippen LogP contribution in [0.1, 0.15) is 11.1 Å². The van der Waals surface area contributed by atoms with E-state index in [0.29, 0.717) is 13.1 Å². The summed E-state index contributed by atoms with van der Waals surface area (Å²) in [6.07, 6.45) is 0. The molecule has 5 heteroatoms. The molecule has 0 N–H and O–H groups in total. The fraction of sp³-hybridized carbons (Fsp3) is 0.455. The van der Waals surface area contributed by atoms with Gasteiger partial charge in [-0.25, -0.2) is 0 Å². The summed E-state index contributed by atoms with van der Waals surface area (Å²) in [6, 6.07) is 5.82. The summed E-state index contributed by atoms with van der Waals surface area (Å²) in [4.78, 5) is 0. The number of aryl methyl sites for hydroxylation is 2. The molecule has 1 heterocycles. The van der Waals surface area contributed by atoms with E-state index in [-0.39, 0.29) is 0 Å². The van der Waals surface area contributed by atoms with Crippen LogP contribution in [-0.4, -0.2) is 32.9 Å². The fourth-order valence-electron chi connectivity index (χ4n) is 1.96. The molecule has 0 bridgehead atoms. The van der Waals surface area contributed by atoms with Gasteiger partial charge in [0.15, 0.2) is 0 Å². The number of benzene rings is 1. The molecule has 0 amide bonds. The lowest BCUT2D eigenvalue weighted by Gasteiger charge is -2.20. The van der Waals surface area contributed by atoms with Gasteiger partial charge in [-0.15, -0.1) is 0 Å². The Morgan fingerprint density at radius 2 is 1.88 bits per heavy atom. The molecule has 0 radical (unpaired) electrons. The summed E-state index contributed by atoms with van der Waals surface area (Å²) in [5.41, 5.74) is 2.93. The predicted octanol–water partition coefficient (Wildman–Crippen LogP) is 1.30. The smallest absolute Gasteiger partial charge is 0.256 e. The fourth-order valence-corrected chi connectivity index (χ4v) is 3.38. The van der Waals surface area contributed by atoms with Crippen molar-refractivity contribution in [1.29, 1.82) is 0 Å². The molecular weight excluding hydrogens is 224 g/mol. The van der Waals surface area contributed by atoms with Crippen molar-refractivity contribution in [2.75, 3.05) is 24.4 Å². The van der Waals surface area contributed by atoms with Crippen molar-refractivity contribution in [3.05, 3.63) is 29.3 Å². The molecule has 0 aromatic heterocycles. The highest BCUT2D eigenvalue weighted by Crippen LogP contribution is 2.27. The maximum Gasteiger partial charge on any atom is 0.303 e. The van der Waals surface area contributed by atoms with Gasteiger partial charge in [-0.1, -0.05) is 17.7 Å². The highest BCUT2D eigenvalue weighted by atomic mass is 32.2. The van der Waals surface area contributed by atoms with Crippen LogP contribution in [0.4, 0.5) is 5.69 Å². The van der Waals surface area contributed by atoms with E-state index in [9.17, 15) is 8.42 Å². The minimum Gasteiger partial charge on any atom is -0.256 e. The molecule has 0 saturated carbocycles. The molecular formula is C11H16N2O2S. The molecule has 1 aliphatic heterocycles. The molecule has 4 nitrogen and oxygen atoms in total. The third-order valence-corrected chi connectivity index (χ3v) is 4.82. The Morgan fingerprint density at radius 3 is 2.38 bits per heavy atom. The van der Waals surface area contributed by atoms with Crippen LogP contribution < -0.4 is 4.31 Å². The Kier molecular flexibility index (Phi) is 2.67. The van der Waals surface area contributed by atoms with Gasteiger partial charge >= 0.3 is 10.2 Å². The molecule has 1 aromatic carbocycles. The van der Waals surface area contributed by atoms with Gasteiger partial charge < -0.3 is 0 Å². The number of likely N-dealkylation sites (N-methyl/N-ethyl adjacent to an activating group) is 1. The van der Waals surface area contributed by atoms with Crippen molar-refractivity contribution in [3.63, 3.8) is 0 Å². The lowest BCUT2D eigenvalue weighted by atomic mass is 10.1. The van der Waals surface area contributed by atoms with Crippen LogP contribution in [0.15, 0.2) is 18.2 Å². The first kappa shape index (κ1) is 11.4. The Hall–Kier alpha value is -1.07. The van der Waals surface area contributed by atoms with Gasteiger partial charge in [0.25, 0.3) is 0 Å². The zero-order valence-corrected chi connectivity index (χ0v) is 10.6. The summed E-state index contributed by atoms with van der Waals surface area (Å²) < 4.78 is 26.8. The van der Waals surface area contributed by atoms with Crippen molar-refractivity contribution >= 4 is 15.9 Å². The van der Waals surface area contributed by atoms with Crippen LogP contribution in [-0.2, 0) is 10.2 Å². The second-order valence-corrected chi connectivity index (χ2v) is 6.15. The van der Waals surface area contributed by atoms with Crippen LogP contribution in [0.5, 0.6) is 0 Å². The normalized spacial score (nSPS) is 20.3. The van der Waals surface area contributed by atoms with Crippen molar-refractivity contribution in [2.45, 2.75) is 13.8 Å². The number of hydrogen-bond donors (Lipinski definition) is 0. The zero-order valence-electron chi connectivity index (χ0n) is 9.77. The molecule has 1 aromatic rings. The minimum atomic E-state index is -3.29.